The molecule has 0 unspecified atom stereocenters. The van der Waals surface area contributed by atoms with Gasteiger partial charge in [0.1, 0.15) is 35.3 Å². The SMILES string of the molecule is CNc1ncnc(Oc2cccc(NC(=O)CCl)c2)c1-c1ccc(Oc2ccccc2)cc1. The van der Waals surface area contributed by atoms with E-state index in [0.29, 0.717) is 34.4 Å². The molecule has 33 heavy (non-hydrogen) atoms. The summed E-state index contributed by atoms with van der Waals surface area (Å²) in [4.78, 5) is 20.3. The molecule has 3 aromatic carbocycles. The quantitative estimate of drug-likeness (QED) is 0.316. The minimum Gasteiger partial charge on any atom is -0.457 e. The summed E-state index contributed by atoms with van der Waals surface area (Å²) in [6, 6.07) is 24.2. The van der Waals surface area contributed by atoms with Crippen LogP contribution in [0.1, 0.15) is 0 Å². The number of nitrogens with one attached hydrogen (secondary N) is 2. The van der Waals surface area contributed by atoms with Gasteiger partial charge in [0.25, 0.3) is 0 Å². The largest absolute Gasteiger partial charge is 0.457 e. The molecule has 1 aromatic heterocycles. The zero-order chi connectivity index (χ0) is 23.0. The molecule has 8 heteroatoms. The zero-order valence-electron chi connectivity index (χ0n) is 17.8. The van der Waals surface area contributed by atoms with E-state index >= 15 is 0 Å². The number of para-hydroxylation sites is 1. The highest BCUT2D eigenvalue weighted by Crippen LogP contribution is 2.37. The van der Waals surface area contributed by atoms with Crippen LogP contribution < -0.4 is 20.1 Å². The molecule has 0 spiro atoms. The van der Waals surface area contributed by atoms with Gasteiger partial charge in [-0.05, 0) is 42.0 Å². The smallest absolute Gasteiger partial charge is 0.239 e. The summed E-state index contributed by atoms with van der Waals surface area (Å²) in [5, 5.41) is 5.79. The third-order valence-corrected chi connectivity index (χ3v) is 4.87. The molecule has 0 radical (unpaired) electrons. The lowest BCUT2D eigenvalue weighted by atomic mass is 10.1. The van der Waals surface area contributed by atoms with Crippen molar-refractivity contribution >= 4 is 29.0 Å². The standard InChI is InChI=1S/C25H21ClN4O3/c1-27-24-23(17-10-12-20(13-11-17)32-19-7-3-2-4-8-19)25(29-16-28-24)33-21-9-5-6-18(14-21)30-22(31)15-26/h2-14,16H,15H2,1H3,(H,30,31)(H,27,28,29). The molecular weight excluding hydrogens is 440 g/mol. The Morgan fingerprint density at radius 1 is 0.879 bits per heavy atom. The maximum Gasteiger partial charge on any atom is 0.239 e. The number of anilines is 2. The van der Waals surface area contributed by atoms with Crippen molar-refractivity contribution in [3.8, 4) is 34.3 Å². The average Bonchev–Trinajstić information content (AvgIpc) is 2.85. The van der Waals surface area contributed by atoms with Crippen LogP contribution in [0.2, 0.25) is 0 Å². The molecule has 166 valence electrons. The van der Waals surface area contributed by atoms with Crippen molar-refractivity contribution in [2.45, 2.75) is 0 Å². The molecule has 4 aromatic rings. The van der Waals surface area contributed by atoms with Gasteiger partial charge in [-0.1, -0.05) is 36.4 Å². The molecule has 0 aliphatic carbocycles. The van der Waals surface area contributed by atoms with Crippen LogP contribution in [-0.2, 0) is 4.79 Å². The van der Waals surface area contributed by atoms with Crippen LogP contribution in [-0.4, -0.2) is 28.8 Å². The van der Waals surface area contributed by atoms with E-state index in [1.54, 1.807) is 31.3 Å². The van der Waals surface area contributed by atoms with Gasteiger partial charge in [-0.2, -0.15) is 0 Å². The number of hydrogen-bond acceptors (Lipinski definition) is 6. The van der Waals surface area contributed by atoms with Crippen LogP contribution in [0.15, 0.2) is 85.2 Å². The van der Waals surface area contributed by atoms with Crippen molar-refractivity contribution in [2.24, 2.45) is 0 Å². The predicted molar refractivity (Wildman–Crippen MR) is 129 cm³/mol. The lowest BCUT2D eigenvalue weighted by molar-refractivity contribution is -0.113. The summed E-state index contributed by atoms with van der Waals surface area (Å²) in [6.45, 7) is 0. The number of carbonyl (C=O) groups excluding carboxylic acids is 1. The van der Waals surface area contributed by atoms with E-state index in [2.05, 4.69) is 20.6 Å². The third kappa shape index (κ3) is 5.58. The summed E-state index contributed by atoms with van der Waals surface area (Å²) in [5.74, 6) is 2.53. The molecule has 1 heterocycles. The van der Waals surface area contributed by atoms with Gasteiger partial charge in [-0.15, -0.1) is 11.6 Å². The van der Waals surface area contributed by atoms with E-state index in [-0.39, 0.29) is 11.8 Å². The highest BCUT2D eigenvalue weighted by Gasteiger charge is 2.16. The summed E-state index contributed by atoms with van der Waals surface area (Å²) >= 11 is 5.57. The molecule has 1 amide bonds. The number of halogens is 1. The monoisotopic (exact) mass is 460 g/mol. The Kier molecular flexibility index (Phi) is 7.02. The number of benzene rings is 3. The number of amides is 1. The Balaban J connectivity index is 1.62. The van der Waals surface area contributed by atoms with E-state index in [1.807, 2.05) is 54.6 Å². The van der Waals surface area contributed by atoms with Gasteiger partial charge < -0.3 is 20.1 Å². The zero-order valence-corrected chi connectivity index (χ0v) is 18.5. The Bertz CT molecular complexity index is 1230. The topological polar surface area (TPSA) is 85.4 Å². The van der Waals surface area contributed by atoms with E-state index in [1.165, 1.54) is 6.33 Å². The molecule has 0 aliphatic heterocycles. The van der Waals surface area contributed by atoms with Crippen LogP contribution in [0.25, 0.3) is 11.1 Å². The molecule has 2 N–H and O–H groups in total. The molecule has 0 fully saturated rings. The first-order valence-corrected chi connectivity index (χ1v) is 10.7. The van der Waals surface area contributed by atoms with Gasteiger partial charge in [0.05, 0.1) is 5.56 Å². The molecule has 0 saturated heterocycles. The molecule has 0 aliphatic rings. The summed E-state index contributed by atoms with van der Waals surface area (Å²) in [5.41, 5.74) is 2.12. The van der Waals surface area contributed by atoms with Crippen LogP contribution in [0, 0.1) is 0 Å². The van der Waals surface area contributed by atoms with Crippen molar-refractivity contribution < 1.29 is 14.3 Å². The number of alkyl halides is 1. The number of nitrogens with zero attached hydrogens (tertiary/aromatic N) is 2. The summed E-state index contributed by atoms with van der Waals surface area (Å²) in [6.07, 6.45) is 1.43. The van der Waals surface area contributed by atoms with Gasteiger partial charge in [0, 0.05) is 18.8 Å². The van der Waals surface area contributed by atoms with Crippen molar-refractivity contribution in [1.29, 1.82) is 0 Å². The van der Waals surface area contributed by atoms with Crippen molar-refractivity contribution in [2.75, 3.05) is 23.6 Å². The number of hydrogen-bond donors (Lipinski definition) is 2. The number of ether oxygens (including phenoxy) is 2. The second kappa shape index (κ2) is 10.5. The van der Waals surface area contributed by atoms with Crippen LogP contribution >= 0.6 is 11.6 Å². The van der Waals surface area contributed by atoms with Gasteiger partial charge in [-0.3, -0.25) is 4.79 Å². The van der Waals surface area contributed by atoms with Gasteiger partial charge in [0.2, 0.25) is 11.8 Å². The highest BCUT2D eigenvalue weighted by atomic mass is 35.5. The van der Waals surface area contributed by atoms with E-state index in [4.69, 9.17) is 21.1 Å². The maximum atomic E-state index is 11.6. The van der Waals surface area contributed by atoms with Gasteiger partial charge in [0.15, 0.2) is 0 Å². The first-order valence-electron chi connectivity index (χ1n) is 10.2. The number of rotatable bonds is 8. The lowest BCUT2D eigenvalue weighted by Crippen LogP contribution is -2.12. The van der Waals surface area contributed by atoms with Gasteiger partial charge >= 0.3 is 0 Å². The summed E-state index contributed by atoms with van der Waals surface area (Å²) < 4.78 is 12.0. The average molecular weight is 461 g/mol. The molecule has 0 saturated carbocycles. The predicted octanol–water partition coefficient (Wildman–Crippen LogP) is 5.95. The van der Waals surface area contributed by atoms with Crippen LogP contribution in [0.4, 0.5) is 11.5 Å². The second-order valence-corrected chi connectivity index (χ2v) is 7.17. The third-order valence-electron chi connectivity index (χ3n) is 4.62. The molecule has 4 rings (SSSR count). The van der Waals surface area contributed by atoms with Crippen molar-refractivity contribution in [3.63, 3.8) is 0 Å². The molecule has 0 bridgehead atoms. The molecular formula is C25H21ClN4O3. The minimum absolute atomic E-state index is 0.128. The van der Waals surface area contributed by atoms with E-state index in [9.17, 15) is 4.79 Å². The van der Waals surface area contributed by atoms with E-state index in [0.717, 1.165) is 11.3 Å². The van der Waals surface area contributed by atoms with E-state index < -0.39 is 0 Å². The fourth-order valence-corrected chi connectivity index (χ4v) is 3.22. The van der Waals surface area contributed by atoms with Crippen LogP contribution in [0.3, 0.4) is 0 Å². The Hall–Kier alpha value is -4.10. The molecule has 7 nitrogen and oxygen atoms in total. The molecule has 0 atom stereocenters. The normalized spacial score (nSPS) is 10.4. The Labute approximate surface area is 196 Å². The first kappa shape index (κ1) is 22.1. The minimum atomic E-state index is -0.299. The lowest BCUT2D eigenvalue weighted by Gasteiger charge is -2.14. The number of aromatic nitrogens is 2. The Morgan fingerprint density at radius 2 is 1.61 bits per heavy atom. The maximum absolute atomic E-state index is 11.6. The van der Waals surface area contributed by atoms with Crippen LogP contribution in [0.5, 0.6) is 23.1 Å². The first-order chi connectivity index (χ1) is 16.2. The summed E-state index contributed by atoms with van der Waals surface area (Å²) in [7, 11) is 1.78. The number of carbonyl (C=O) groups is 1. The fraction of sp³-hybridized carbons (Fsp3) is 0.0800. The van der Waals surface area contributed by atoms with Crippen molar-refractivity contribution in [3.05, 3.63) is 85.2 Å². The highest BCUT2D eigenvalue weighted by molar-refractivity contribution is 6.29. The fourth-order valence-electron chi connectivity index (χ4n) is 3.15. The van der Waals surface area contributed by atoms with Gasteiger partial charge in [-0.25, -0.2) is 9.97 Å². The Morgan fingerprint density at radius 3 is 2.33 bits per heavy atom. The van der Waals surface area contributed by atoms with Crippen molar-refractivity contribution in [1.82, 2.24) is 9.97 Å². The second-order valence-electron chi connectivity index (χ2n) is 6.90.